The Morgan fingerprint density at radius 3 is 2.35 bits per heavy atom. The highest BCUT2D eigenvalue weighted by Gasteiger charge is 2.32. The summed E-state index contributed by atoms with van der Waals surface area (Å²) in [6, 6.07) is 4.45. The van der Waals surface area contributed by atoms with Crippen molar-refractivity contribution in [2.45, 2.75) is 26.4 Å². The molecule has 0 spiro atoms. The van der Waals surface area contributed by atoms with Gasteiger partial charge in [-0.1, -0.05) is 0 Å². The Morgan fingerprint density at radius 1 is 1.17 bits per heavy atom. The number of hydrogen-bond donors (Lipinski definition) is 2. The molecule has 0 aliphatic heterocycles. The van der Waals surface area contributed by atoms with Gasteiger partial charge in [0.15, 0.2) is 12.2 Å². The van der Waals surface area contributed by atoms with E-state index in [0.717, 1.165) is 0 Å². The Hall–Kier alpha value is -2.64. The summed E-state index contributed by atoms with van der Waals surface area (Å²) in [5.74, 6) is -1.71. The van der Waals surface area contributed by atoms with Crippen LogP contribution < -0.4 is 15.4 Å². The van der Waals surface area contributed by atoms with Crippen LogP contribution in [0, 0.1) is 5.82 Å². The summed E-state index contributed by atoms with van der Waals surface area (Å²) in [5.41, 5.74) is -1.39. The molecule has 1 aromatic rings. The fourth-order valence-electron chi connectivity index (χ4n) is 1.51. The monoisotopic (exact) mass is 326 g/mol. The summed E-state index contributed by atoms with van der Waals surface area (Å²) in [7, 11) is 0. The Balaban J connectivity index is 2.50. The molecule has 2 N–H and O–H groups in total. The Bertz CT molecular complexity index is 572. The van der Waals surface area contributed by atoms with Gasteiger partial charge in [-0.25, -0.2) is 14.0 Å². The summed E-state index contributed by atoms with van der Waals surface area (Å²) in [5, 5.41) is 4.36. The van der Waals surface area contributed by atoms with Crippen molar-refractivity contribution >= 4 is 17.9 Å². The maximum absolute atomic E-state index is 12.8. The number of nitrogens with one attached hydrogen (secondary N) is 2. The van der Waals surface area contributed by atoms with Gasteiger partial charge in [-0.05, 0) is 45.0 Å². The molecular formula is C15H19FN2O5. The molecule has 0 aliphatic rings. The van der Waals surface area contributed by atoms with Gasteiger partial charge in [0.05, 0.1) is 0 Å². The van der Waals surface area contributed by atoms with Crippen LogP contribution in [0.4, 0.5) is 9.18 Å². The SMILES string of the molecule is CCNC(=O)NC(=O)COC(=O)C(C)(C)Oc1ccc(F)cc1. The molecule has 126 valence electrons. The molecule has 0 atom stereocenters. The van der Waals surface area contributed by atoms with Crippen LogP contribution in [0.3, 0.4) is 0 Å². The largest absolute Gasteiger partial charge is 0.476 e. The van der Waals surface area contributed by atoms with Gasteiger partial charge in [0, 0.05) is 6.54 Å². The van der Waals surface area contributed by atoms with E-state index in [1.165, 1.54) is 38.1 Å². The topological polar surface area (TPSA) is 93.7 Å². The van der Waals surface area contributed by atoms with Crippen LogP contribution >= 0.6 is 0 Å². The number of halogens is 1. The van der Waals surface area contributed by atoms with Gasteiger partial charge in [0.1, 0.15) is 11.6 Å². The van der Waals surface area contributed by atoms with Crippen LogP contribution in [0.5, 0.6) is 5.75 Å². The first-order valence-electron chi connectivity index (χ1n) is 6.94. The average Bonchev–Trinajstić information content (AvgIpc) is 2.47. The predicted octanol–water partition coefficient (Wildman–Crippen LogP) is 1.37. The van der Waals surface area contributed by atoms with E-state index >= 15 is 0 Å². The van der Waals surface area contributed by atoms with E-state index in [9.17, 15) is 18.8 Å². The molecule has 0 unspecified atom stereocenters. The van der Waals surface area contributed by atoms with Crippen LogP contribution in [0.1, 0.15) is 20.8 Å². The summed E-state index contributed by atoms with van der Waals surface area (Å²) < 4.78 is 23.1. The quantitative estimate of drug-likeness (QED) is 0.770. The van der Waals surface area contributed by atoms with Crippen molar-refractivity contribution < 1.29 is 28.2 Å². The van der Waals surface area contributed by atoms with E-state index in [0.29, 0.717) is 6.54 Å². The molecule has 0 bridgehead atoms. The molecule has 8 heteroatoms. The van der Waals surface area contributed by atoms with Gasteiger partial charge in [0.25, 0.3) is 5.91 Å². The number of urea groups is 1. The van der Waals surface area contributed by atoms with Gasteiger partial charge >= 0.3 is 12.0 Å². The number of carbonyl (C=O) groups excluding carboxylic acids is 3. The minimum atomic E-state index is -1.39. The fraction of sp³-hybridized carbons (Fsp3) is 0.400. The van der Waals surface area contributed by atoms with Gasteiger partial charge in [-0.2, -0.15) is 0 Å². The van der Waals surface area contributed by atoms with E-state index in [2.05, 4.69) is 5.32 Å². The third-order valence-corrected chi connectivity index (χ3v) is 2.60. The molecular weight excluding hydrogens is 307 g/mol. The Morgan fingerprint density at radius 2 is 1.78 bits per heavy atom. The third kappa shape index (κ3) is 6.33. The Kier molecular flexibility index (Phi) is 6.49. The highest BCUT2D eigenvalue weighted by Crippen LogP contribution is 2.19. The van der Waals surface area contributed by atoms with Crippen molar-refractivity contribution in [3.05, 3.63) is 30.1 Å². The molecule has 0 saturated carbocycles. The zero-order chi connectivity index (χ0) is 17.5. The summed E-state index contributed by atoms with van der Waals surface area (Å²) in [6.07, 6.45) is 0. The number of carbonyl (C=O) groups is 3. The lowest BCUT2D eigenvalue weighted by Gasteiger charge is -2.24. The van der Waals surface area contributed by atoms with Gasteiger partial charge in [0.2, 0.25) is 0 Å². The number of benzene rings is 1. The Labute approximate surface area is 133 Å². The van der Waals surface area contributed by atoms with Gasteiger partial charge in [-0.3, -0.25) is 10.1 Å². The molecule has 1 aromatic carbocycles. The van der Waals surface area contributed by atoms with E-state index in [1.54, 1.807) is 6.92 Å². The second-order valence-corrected chi connectivity index (χ2v) is 5.05. The first-order chi connectivity index (χ1) is 10.7. The highest BCUT2D eigenvalue weighted by atomic mass is 19.1. The standard InChI is InChI=1S/C15H19FN2O5/c1-4-17-14(21)18-12(19)9-22-13(20)15(2,3)23-11-7-5-10(16)6-8-11/h5-8H,4,9H2,1-3H3,(H2,17,18,19,21). The minimum absolute atomic E-state index is 0.278. The van der Waals surface area contributed by atoms with Crippen LogP contribution in [0.2, 0.25) is 0 Å². The maximum atomic E-state index is 12.8. The molecule has 23 heavy (non-hydrogen) atoms. The van der Waals surface area contributed by atoms with Crippen LogP contribution in [0.25, 0.3) is 0 Å². The predicted molar refractivity (Wildman–Crippen MR) is 79.3 cm³/mol. The smallest absolute Gasteiger partial charge is 0.350 e. The lowest BCUT2D eigenvalue weighted by Crippen LogP contribution is -2.44. The van der Waals surface area contributed by atoms with E-state index in [-0.39, 0.29) is 5.75 Å². The van der Waals surface area contributed by atoms with Gasteiger partial charge < -0.3 is 14.8 Å². The van der Waals surface area contributed by atoms with Crippen LogP contribution in [-0.2, 0) is 14.3 Å². The van der Waals surface area contributed by atoms with Crippen molar-refractivity contribution in [1.82, 2.24) is 10.6 Å². The summed E-state index contributed by atoms with van der Waals surface area (Å²) in [6.45, 7) is 4.32. The van der Waals surface area contributed by atoms with E-state index < -0.39 is 35.9 Å². The highest BCUT2D eigenvalue weighted by molar-refractivity contribution is 5.95. The average molecular weight is 326 g/mol. The first kappa shape index (κ1) is 18.4. The maximum Gasteiger partial charge on any atom is 0.350 e. The molecule has 7 nitrogen and oxygen atoms in total. The first-order valence-corrected chi connectivity index (χ1v) is 6.94. The van der Waals surface area contributed by atoms with Crippen LogP contribution in [-0.4, -0.2) is 36.7 Å². The number of esters is 1. The molecule has 0 aliphatic carbocycles. The molecule has 0 radical (unpaired) electrons. The number of ether oxygens (including phenoxy) is 2. The second-order valence-electron chi connectivity index (χ2n) is 5.05. The normalized spacial score (nSPS) is 10.6. The molecule has 1 rings (SSSR count). The van der Waals surface area contributed by atoms with Gasteiger partial charge in [-0.15, -0.1) is 0 Å². The number of imide groups is 1. The lowest BCUT2D eigenvalue weighted by molar-refractivity contribution is -0.161. The lowest BCUT2D eigenvalue weighted by atomic mass is 10.1. The molecule has 0 saturated heterocycles. The molecule has 0 fully saturated rings. The van der Waals surface area contributed by atoms with Crippen molar-refractivity contribution in [2.75, 3.05) is 13.2 Å². The second kappa shape index (κ2) is 8.11. The van der Waals surface area contributed by atoms with E-state index in [1.807, 2.05) is 5.32 Å². The van der Waals surface area contributed by atoms with Crippen LogP contribution in [0.15, 0.2) is 24.3 Å². The fourth-order valence-corrected chi connectivity index (χ4v) is 1.51. The zero-order valence-corrected chi connectivity index (χ0v) is 13.1. The molecule has 0 heterocycles. The number of hydrogen-bond acceptors (Lipinski definition) is 5. The summed E-state index contributed by atoms with van der Waals surface area (Å²) >= 11 is 0. The van der Waals surface area contributed by atoms with E-state index in [4.69, 9.17) is 9.47 Å². The molecule has 0 aromatic heterocycles. The van der Waals surface area contributed by atoms with Crippen molar-refractivity contribution in [3.63, 3.8) is 0 Å². The number of rotatable bonds is 6. The zero-order valence-electron chi connectivity index (χ0n) is 13.1. The molecule has 3 amide bonds. The minimum Gasteiger partial charge on any atom is -0.476 e. The van der Waals surface area contributed by atoms with Crippen molar-refractivity contribution in [1.29, 1.82) is 0 Å². The number of amides is 3. The van der Waals surface area contributed by atoms with Crippen molar-refractivity contribution in [2.24, 2.45) is 0 Å². The third-order valence-electron chi connectivity index (χ3n) is 2.60. The summed E-state index contributed by atoms with van der Waals surface area (Å²) in [4.78, 5) is 34.5. The van der Waals surface area contributed by atoms with Crippen molar-refractivity contribution in [3.8, 4) is 5.75 Å².